The van der Waals surface area contributed by atoms with Crippen molar-refractivity contribution in [3.63, 3.8) is 0 Å². The number of ether oxygens (including phenoxy) is 1. The fraction of sp³-hybridized carbons (Fsp3) is 0.640. The van der Waals surface area contributed by atoms with E-state index >= 15 is 0 Å². The summed E-state index contributed by atoms with van der Waals surface area (Å²) >= 11 is 0. The SMILES string of the molecule is C=CC[C@H](NC(C)=O)[C@H](O)CN[C@H]1CC2(CC(O)C2)Oc2ccc(CC(C)(C)C)cc21. The molecule has 31 heavy (non-hydrogen) atoms. The molecule has 6 heteroatoms. The van der Waals surface area contributed by atoms with Crippen LogP contribution in [0, 0.1) is 5.41 Å². The first kappa shape index (κ1) is 23.8. The molecule has 0 saturated heterocycles. The molecule has 1 saturated carbocycles. The Morgan fingerprint density at radius 1 is 1.35 bits per heavy atom. The summed E-state index contributed by atoms with van der Waals surface area (Å²) in [6, 6.07) is 6.01. The van der Waals surface area contributed by atoms with Gasteiger partial charge in [-0.2, -0.15) is 0 Å². The lowest BCUT2D eigenvalue weighted by Crippen LogP contribution is -2.56. The van der Waals surface area contributed by atoms with Gasteiger partial charge in [-0.05, 0) is 29.9 Å². The minimum Gasteiger partial charge on any atom is -0.487 e. The zero-order valence-corrected chi connectivity index (χ0v) is 19.3. The number of rotatable bonds is 8. The molecular weight excluding hydrogens is 392 g/mol. The van der Waals surface area contributed by atoms with Gasteiger partial charge in [0, 0.05) is 44.3 Å². The fourth-order valence-electron chi connectivity index (χ4n) is 4.83. The Morgan fingerprint density at radius 2 is 2.06 bits per heavy atom. The number of hydrogen-bond donors (Lipinski definition) is 4. The normalized spacial score (nSPS) is 26.9. The number of benzene rings is 1. The minimum absolute atomic E-state index is 0.00697. The van der Waals surface area contributed by atoms with Crippen molar-refractivity contribution >= 4 is 5.91 Å². The molecule has 1 aliphatic carbocycles. The zero-order valence-electron chi connectivity index (χ0n) is 19.3. The molecule has 1 spiro atoms. The standard InChI is InChI=1S/C25H38N2O4/c1-6-7-20(27-16(2)28)22(30)15-26-21-14-25(12-18(29)13-25)31-23-9-8-17(10-19(21)23)11-24(3,4)5/h6,8-10,18,20-22,26,29-30H,1,7,11-15H2,2-5H3,(H,27,28)/t18?,20-,21-,22+,25?/m0/s1. The lowest BCUT2D eigenvalue weighted by molar-refractivity contribution is -0.120. The first-order chi connectivity index (χ1) is 14.5. The van der Waals surface area contributed by atoms with Gasteiger partial charge < -0.3 is 25.6 Å². The van der Waals surface area contributed by atoms with Gasteiger partial charge in [-0.3, -0.25) is 4.79 Å². The van der Waals surface area contributed by atoms with Gasteiger partial charge in [0.25, 0.3) is 0 Å². The van der Waals surface area contributed by atoms with Gasteiger partial charge in [-0.25, -0.2) is 0 Å². The van der Waals surface area contributed by atoms with Gasteiger partial charge >= 0.3 is 0 Å². The van der Waals surface area contributed by atoms with Crippen LogP contribution in [0.1, 0.15) is 70.5 Å². The molecule has 0 aromatic heterocycles. The average Bonchev–Trinajstić information content (AvgIpc) is 2.63. The molecule has 6 nitrogen and oxygen atoms in total. The third-order valence-corrected chi connectivity index (χ3v) is 6.15. The van der Waals surface area contributed by atoms with E-state index in [1.54, 1.807) is 6.08 Å². The summed E-state index contributed by atoms with van der Waals surface area (Å²) in [6.45, 7) is 12.2. The molecular formula is C25H38N2O4. The summed E-state index contributed by atoms with van der Waals surface area (Å²) in [5.74, 6) is 0.684. The van der Waals surface area contributed by atoms with E-state index in [4.69, 9.17) is 4.74 Å². The van der Waals surface area contributed by atoms with Crippen LogP contribution >= 0.6 is 0 Å². The Labute approximate surface area is 186 Å². The first-order valence-electron chi connectivity index (χ1n) is 11.3. The molecule has 0 radical (unpaired) electrons. The van der Waals surface area contributed by atoms with E-state index in [0.717, 1.165) is 24.2 Å². The quantitative estimate of drug-likeness (QED) is 0.476. The minimum atomic E-state index is -0.742. The van der Waals surface area contributed by atoms with E-state index in [2.05, 4.69) is 50.1 Å². The van der Waals surface area contributed by atoms with E-state index in [9.17, 15) is 15.0 Å². The van der Waals surface area contributed by atoms with Gasteiger partial charge in [0.2, 0.25) is 5.91 Å². The second-order valence-electron chi connectivity index (χ2n) is 10.5. The molecule has 1 aromatic rings. The summed E-state index contributed by atoms with van der Waals surface area (Å²) < 4.78 is 6.35. The summed E-state index contributed by atoms with van der Waals surface area (Å²) in [4.78, 5) is 11.5. The van der Waals surface area contributed by atoms with Crippen molar-refractivity contribution in [3.8, 4) is 5.75 Å². The number of carbonyl (C=O) groups is 1. The number of nitrogens with one attached hydrogen (secondary N) is 2. The molecule has 0 unspecified atom stereocenters. The van der Waals surface area contributed by atoms with Crippen LogP contribution in [0.25, 0.3) is 0 Å². The van der Waals surface area contributed by atoms with Crippen molar-refractivity contribution in [2.45, 2.75) is 89.7 Å². The van der Waals surface area contributed by atoms with Crippen LogP contribution in [0.3, 0.4) is 0 Å². The molecule has 172 valence electrons. The zero-order chi connectivity index (χ0) is 22.8. The number of carbonyl (C=O) groups excluding carboxylic acids is 1. The van der Waals surface area contributed by atoms with Crippen molar-refractivity contribution in [2.75, 3.05) is 6.54 Å². The Hall–Kier alpha value is -1.89. The molecule has 1 aromatic carbocycles. The predicted octanol–water partition coefficient (Wildman–Crippen LogP) is 3.02. The second-order valence-corrected chi connectivity index (χ2v) is 10.5. The van der Waals surface area contributed by atoms with Crippen molar-refractivity contribution in [1.29, 1.82) is 0 Å². The van der Waals surface area contributed by atoms with Crippen molar-refractivity contribution < 1.29 is 19.7 Å². The molecule has 3 atom stereocenters. The van der Waals surface area contributed by atoms with E-state index in [1.807, 2.05) is 6.07 Å². The smallest absolute Gasteiger partial charge is 0.217 e. The van der Waals surface area contributed by atoms with Crippen LogP contribution in [-0.4, -0.2) is 46.5 Å². The molecule has 1 amide bonds. The van der Waals surface area contributed by atoms with Crippen molar-refractivity contribution in [1.82, 2.24) is 10.6 Å². The van der Waals surface area contributed by atoms with Crippen LogP contribution in [-0.2, 0) is 11.2 Å². The molecule has 0 bridgehead atoms. The summed E-state index contributed by atoms with van der Waals surface area (Å²) in [7, 11) is 0. The monoisotopic (exact) mass is 430 g/mol. The number of aliphatic hydroxyl groups excluding tert-OH is 2. The third kappa shape index (κ3) is 6.09. The fourth-order valence-corrected chi connectivity index (χ4v) is 4.83. The van der Waals surface area contributed by atoms with Crippen molar-refractivity contribution in [3.05, 3.63) is 42.0 Å². The molecule has 1 fully saturated rings. The maximum Gasteiger partial charge on any atom is 0.217 e. The molecule has 2 aliphatic rings. The van der Waals surface area contributed by atoms with E-state index in [0.29, 0.717) is 25.8 Å². The predicted molar refractivity (Wildman–Crippen MR) is 122 cm³/mol. The highest BCUT2D eigenvalue weighted by molar-refractivity contribution is 5.73. The van der Waals surface area contributed by atoms with Gasteiger partial charge in [0.1, 0.15) is 11.4 Å². The lowest BCUT2D eigenvalue weighted by Gasteiger charge is -2.50. The van der Waals surface area contributed by atoms with Crippen LogP contribution in [0.15, 0.2) is 30.9 Å². The molecule has 3 rings (SSSR count). The van der Waals surface area contributed by atoms with Crippen LogP contribution < -0.4 is 15.4 Å². The van der Waals surface area contributed by atoms with Gasteiger partial charge in [0.15, 0.2) is 0 Å². The first-order valence-corrected chi connectivity index (χ1v) is 11.3. The summed E-state index contributed by atoms with van der Waals surface area (Å²) in [5, 5.41) is 27.0. The van der Waals surface area contributed by atoms with E-state index in [1.165, 1.54) is 12.5 Å². The summed E-state index contributed by atoms with van der Waals surface area (Å²) in [5.41, 5.74) is 2.19. The number of aliphatic hydroxyl groups is 2. The Kier molecular flexibility index (Phi) is 7.14. The number of amides is 1. The molecule has 4 N–H and O–H groups in total. The third-order valence-electron chi connectivity index (χ3n) is 6.15. The Morgan fingerprint density at radius 3 is 2.65 bits per heavy atom. The van der Waals surface area contributed by atoms with Gasteiger partial charge in [0.05, 0.1) is 18.2 Å². The largest absolute Gasteiger partial charge is 0.487 e. The van der Waals surface area contributed by atoms with E-state index in [-0.39, 0.29) is 35.1 Å². The Bertz CT molecular complexity index is 795. The molecule has 1 aliphatic heterocycles. The molecule has 1 heterocycles. The maximum atomic E-state index is 11.5. The number of hydrogen-bond acceptors (Lipinski definition) is 5. The van der Waals surface area contributed by atoms with Crippen LogP contribution in [0.2, 0.25) is 0 Å². The Balaban J connectivity index is 1.78. The van der Waals surface area contributed by atoms with Crippen molar-refractivity contribution in [2.24, 2.45) is 5.41 Å². The van der Waals surface area contributed by atoms with Gasteiger partial charge in [-0.1, -0.05) is 39.0 Å². The highest BCUT2D eigenvalue weighted by atomic mass is 16.5. The van der Waals surface area contributed by atoms with Crippen LogP contribution in [0.5, 0.6) is 5.75 Å². The van der Waals surface area contributed by atoms with Crippen LogP contribution in [0.4, 0.5) is 0 Å². The lowest BCUT2D eigenvalue weighted by atomic mass is 9.70. The van der Waals surface area contributed by atoms with E-state index < -0.39 is 6.10 Å². The average molecular weight is 431 g/mol. The second kappa shape index (κ2) is 9.31. The topological polar surface area (TPSA) is 90.8 Å². The number of fused-ring (bicyclic) bond motifs is 1. The summed E-state index contributed by atoms with van der Waals surface area (Å²) in [6.07, 6.45) is 4.11. The highest BCUT2D eigenvalue weighted by Gasteiger charge is 2.50. The van der Waals surface area contributed by atoms with Gasteiger partial charge in [-0.15, -0.1) is 6.58 Å². The highest BCUT2D eigenvalue weighted by Crippen LogP contribution is 2.49. The maximum absolute atomic E-state index is 11.5.